The van der Waals surface area contributed by atoms with Gasteiger partial charge in [-0.2, -0.15) is 0 Å². The fraction of sp³-hybridized carbons (Fsp3) is 0.316. The molecule has 11 heteroatoms. The molecule has 30 heavy (non-hydrogen) atoms. The van der Waals surface area contributed by atoms with E-state index in [1.165, 1.54) is 30.8 Å². The molecule has 0 aliphatic carbocycles. The topological polar surface area (TPSA) is 99.1 Å². The Bertz CT molecular complexity index is 1070. The number of nitrogens with zero attached hydrogens (tertiary/aromatic N) is 4. The van der Waals surface area contributed by atoms with Crippen molar-refractivity contribution in [2.24, 2.45) is 0 Å². The van der Waals surface area contributed by atoms with Crippen molar-refractivity contribution in [3.8, 4) is 16.9 Å². The van der Waals surface area contributed by atoms with Crippen LogP contribution in [0.1, 0.15) is 22.5 Å². The first-order valence-electron chi connectivity index (χ1n) is 9.09. The number of halogens is 1. The van der Waals surface area contributed by atoms with Gasteiger partial charge in [-0.1, -0.05) is 34.7 Å². The van der Waals surface area contributed by atoms with E-state index in [9.17, 15) is 4.79 Å². The molecule has 3 aromatic rings. The average molecular weight is 464 g/mol. The summed E-state index contributed by atoms with van der Waals surface area (Å²) in [6, 6.07) is 3.47. The van der Waals surface area contributed by atoms with Gasteiger partial charge >= 0.3 is 0 Å². The first-order chi connectivity index (χ1) is 14.5. The smallest absolute Gasteiger partial charge is 0.259 e. The molecule has 0 saturated carbocycles. The Labute approximate surface area is 186 Å². The Balaban J connectivity index is 1.59. The normalized spacial score (nSPS) is 15.9. The molecule has 0 radical (unpaired) electrons. The van der Waals surface area contributed by atoms with E-state index < -0.39 is 0 Å². The number of carbonyl (C=O) groups excluding carboxylic acids is 1. The third-order valence-electron chi connectivity index (χ3n) is 4.41. The largest absolute Gasteiger partial charge is 0.494 e. The highest BCUT2D eigenvalue weighted by Gasteiger charge is 2.21. The molecule has 4 heterocycles. The third kappa shape index (κ3) is 4.72. The van der Waals surface area contributed by atoms with Gasteiger partial charge in [0.05, 0.1) is 25.5 Å². The molecule has 0 spiro atoms. The van der Waals surface area contributed by atoms with Gasteiger partial charge in [0, 0.05) is 34.9 Å². The minimum atomic E-state index is -0.343. The predicted octanol–water partition coefficient (Wildman–Crippen LogP) is 4.10. The van der Waals surface area contributed by atoms with Crippen molar-refractivity contribution in [2.75, 3.05) is 25.6 Å². The fourth-order valence-corrected chi connectivity index (χ4v) is 5.19. The molecule has 1 saturated heterocycles. The molecule has 8 nitrogen and oxygen atoms in total. The SMILES string of the molecule is COc1cnc(Cl)cc1-c1cc(C)ncc1C(=O)Nc1nnc(SC2CCOC2)s1. The van der Waals surface area contributed by atoms with Gasteiger partial charge in [-0.05, 0) is 25.5 Å². The minimum absolute atomic E-state index is 0.299. The molecule has 156 valence electrons. The summed E-state index contributed by atoms with van der Waals surface area (Å²) < 4.78 is 11.6. The summed E-state index contributed by atoms with van der Waals surface area (Å²) in [6.07, 6.45) is 4.04. The van der Waals surface area contributed by atoms with Crippen molar-refractivity contribution in [2.45, 2.75) is 22.9 Å². The zero-order chi connectivity index (χ0) is 21.1. The summed E-state index contributed by atoms with van der Waals surface area (Å²) in [7, 11) is 1.54. The van der Waals surface area contributed by atoms with Crippen molar-refractivity contribution in [1.29, 1.82) is 0 Å². The van der Waals surface area contributed by atoms with E-state index in [4.69, 9.17) is 21.1 Å². The molecular formula is C19H18ClN5O3S2. The van der Waals surface area contributed by atoms with Gasteiger partial charge in [0.2, 0.25) is 5.13 Å². The zero-order valence-electron chi connectivity index (χ0n) is 16.2. The lowest BCUT2D eigenvalue weighted by atomic mass is 10.0. The summed E-state index contributed by atoms with van der Waals surface area (Å²) in [5, 5.41) is 12.2. The number of anilines is 1. The molecule has 1 aliphatic rings. The second-order valence-electron chi connectivity index (χ2n) is 6.51. The Morgan fingerprint density at radius 2 is 2.17 bits per heavy atom. The Morgan fingerprint density at radius 1 is 1.30 bits per heavy atom. The second-order valence-corrected chi connectivity index (χ2v) is 9.42. The number of ether oxygens (including phenoxy) is 2. The minimum Gasteiger partial charge on any atom is -0.494 e. The maximum absolute atomic E-state index is 13.0. The number of amides is 1. The second kappa shape index (κ2) is 9.25. The van der Waals surface area contributed by atoms with Crippen LogP contribution in [0.5, 0.6) is 5.75 Å². The van der Waals surface area contributed by atoms with Crippen LogP contribution in [0.25, 0.3) is 11.1 Å². The van der Waals surface area contributed by atoms with E-state index in [-0.39, 0.29) is 5.91 Å². The van der Waals surface area contributed by atoms with Crippen LogP contribution >= 0.6 is 34.7 Å². The highest BCUT2D eigenvalue weighted by Crippen LogP contribution is 2.35. The molecule has 1 unspecified atom stereocenters. The van der Waals surface area contributed by atoms with E-state index in [0.717, 1.165) is 23.1 Å². The summed E-state index contributed by atoms with van der Waals surface area (Å²) in [4.78, 5) is 21.4. The van der Waals surface area contributed by atoms with Gasteiger partial charge in [-0.3, -0.25) is 15.1 Å². The van der Waals surface area contributed by atoms with Gasteiger partial charge in [-0.25, -0.2) is 4.98 Å². The number of methoxy groups -OCH3 is 1. The first-order valence-corrected chi connectivity index (χ1v) is 11.2. The fourth-order valence-electron chi connectivity index (χ4n) is 2.97. The maximum Gasteiger partial charge on any atom is 0.259 e. The lowest BCUT2D eigenvalue weighted by molar-refractivity contribution is 0.102. The predicted molar refractivity (Wildman–Crippen MR) is 117 cm³/mol. The van der Waals surface area contributed by atoms with Crippen LogP contribution in [0.15, 0.2) is 28.9 Å². The molecule has 1 atom stereocenters. The van der Waals surface area contributed by atoms with Gasteiger partial charge in [-0.15, -0.1) is 10.2 Å². The molecular weight excluding hydrogens is 446 g/mol. The van der Waals surface area contributed by atoms with E-state index in [2.05, 4.69) is 25.5 Å². The quantitative estimate of drug-likeness (QED) is 0.431. The standard InChI is InChI=1S/C19H18ClN5O3S2/c1-10-5-12(13-6-16(20)22-8-15(13)27-2)14(7-21-10)17(26)23-18-24-25-19(30-18)29-11-3-4-28-9-11/h5-8,11H,3-4,9H2,1-2H3,(H,23,24,26). The summed E-state index contributed by atoms with van der Waals surface area (Å²) in [5.74, 6) is 0.164. The van der Waals surface area contributed by atoms with Crippen LogP contribution < -0.4 is 10.1 Å². The highest BCUT2D eigenvalue weighted by molar-refractivity contribution is 8.01. The molecule has 3 aromatic heterocycles. The number of rotatable bonds is 6. The van der Waals surface area contributed by atoms with Crippen molar-refractivity contribution >= 4 is 45.7 Å². The van der Waals surface area contributed by atoms with E-state index >= 15 is 0 Å². The summed E-state index contributed by atoms with van der Waals surface area (Å²) >= 11 is 9.04. The van der Waals surface area contributed by atoms with E-state index in [1.807, 2.05) is 13.0 Å². The van der Waals surface area contributed by atoms with Crippen LogP contribution in [-0.4, -0.2) is 51.6 Å². The molecule has 1 N–H and O–H groups in total. The lowest BCUT2D eigenvalue weighted by Gasteiger charge is -2.13. The molecule has 1 fully saturated rings. The number of thioether (sulfide) groups is 1. The van der Waals surface area contributed by atoms with E-state index in [0.29, 0.717) is 44.6 Å². The number of hydrogen-bond acceptors (Lipinski definition) is 9. The summed E-state index contributed by atoms with van der Waals surface area (Å²) in [6.45, 7) is 3.33. The molecule has 1 aliphatic heterocycles. The van der Waals surface area contributed by atoms with Crippen LogP contribution in [0.2, 0.25) is 5.15 Å². The number of pyridine rings is 2. The van der Waals surface area contributed by atoms with Crippen molar-refractivity contribution in [1.82, 2.24) is 20.2 Å². The van der Waals surface area contributed by atoms with E-state index in [1.54, 1.807) is 17.8 Å². The number of hydrogen-bond donors (Lipinski definition) is 1. The van der Waals surface area contributed by atoms with Crippen molar-refractivity contribution in [3.05, 3.63) is 40.9 Å². The van der Waals surface area contributed by atoms with Crippen molar-refractivity contribution < 1.29 is 14.3 Å². The van der Waals surface area contributed by atoms with Gasteiger partial charge in [0.1, 0.15) is 10.9 Å². The highest BCUT2D eigenvalue weighted by atomic mass is 35.5. The first kappa shape index (κ1) is 21.0. The van der Waals surface area contributed by atoms with Crippen LogP contribution in [0.4, 0.5) is 5.13 Å². The summed E-state index contributed by atoms with van der Waals surface area (Å²) in [5.41, 5.74) is 2.42. The number of aromatic nitrogens is 4. The van der Waals surface area contributed by atoms with Gasteiger partial charge < -0.3 is 9.47 Å². The Kier molecular flexibility index (Phi) is 6.47. The third-order valence-corrected chi connectivity index (χ3v) is 6.78. The number of aryl methyl sites for hydroxylation is 1. The average Bonchev–Trinajstić information content (AvgIpc) is 3.40. The van der Waals surface area contributed by atoms with Crippen LogP contribution in [0, 0.1) is 6.92 Å². The Hall–Kier alpha value is -2.27. The molecule has 0 aromatic carbocycles. The lowest BCUT2D eigenvalue weighted by Crippen LogP contribution is -2.14. The molecule has 1 amide bonds. The van der Waals surface area contributed by atoms with Crippen LogP contribution in [0.3, 0.4) is 0 Å². The monoisotopic (exact) mass is 463 g/mol. The number of nitrogens with one attached hydrogen (secondary N) is 1. The number of carbonyl (C=O) groups is 1. The zero-order valence-corrected chi connectivity index (χ0v) is 18.6. The Morgan fingerprint density at radius 3 is 2.93 bits per heavy atom. The van der Waals surface area contributed by atoms with Crippen LogP contribution in [-0.2, 0) is 4.74 Å². The van der Waals surface area contributed by atoms with Crippen molar-refractivity contribution in [3.63, 3.8) is 0 Å². The van der Waals surface area contributed by atoms with Gasteiger partial charge in [0.25, 0.3) is 5.91 Å². The maximum atomic E-state index is 13.0. The van der Waals surface area contributed by atoms with Gasteiger partial charge in [0.15, 0.2) is 4.34 Å². The molecule has 4 rings (SSSR count). The molecule has 0 bridgehead atoms.